The Morgan fingerprint density at radius 2 is 2.00 bits per heavy atom. The van der Waals surface area contributed by atoms with Gasteiger partial charge in [0.2, 0.25) is 5.91 Å². The number of aliphatic hydroxyl groups is 1. The number of nitrogens with one attached hydrogen (secondary N) is 1. The Balaban J connectivity index is 1.79. The van der Waals surface area contributed by atoms with Gasteiger partial charge in [-0.3, -0.25) is 9.69 Å². The van der Waals surface area contributed by atoms with E-state index in [0.29, 0.717) is 32.6 Å². The Labute approximate surface area is 114 Å². The Morgan fingerprint density at radius 3 is 2.58 bits per heavy atom. The summed E-state index contributed by atoms with van der Waals surface area (Å²) in [5.74, 6) is -0.00794. The summed E-state index contributed by atoms with van der Waals surface area (Å²) in [4.78, 5) is 14.2. The zero-order chi connectivity index (χ0) is 13.7. The molecule has 4 N–H and O–H groups in total. The second-order valence-electron chi connectivity index (χ2n) is 5.71. The van der Waals surface area contributed by atoms with E-state index in [1.165, 1.54) is 0 Å². The molecule has 6 nitrogen and oxygen atoms in total. The topological polar surface area (TPSA) is 87.8 Å². The maximum Gasteiger partial charge on any atom is 0.234 e. The quantitative estimate of drug-likeness (QED) is 0.615. The number of carbonyl (C=O) groups excluding carboxylic acids is 1. The summed E-state index contributed by atoms with van der Waals surface area (Å²) >= 11 is 0. The van der Waals surface area contributed by atoms with Crippen molar-refractivity contribution in [3.63, 3.8) is 0 Å². The first kappa shape index (κ1) is 14.7. The first-order chi connectivity index (χ1) is 9.13. The van der Waals surface area contributed by atoms with Gasteiger partial charge in [0, 0.05) is 32.3 Å². The average Bonchev–Trinajstić information content (AvgIpc) is 2.42. The van der Waals surface area contributed by atoms with Gasteiger partial charge in [0.25, 0.3) is 0 Å². The van der Waals surface area contributed by atoms with Crippen molar-refractivity contribution >= 4 is 5.91 Å². The highest BCUT2D eigenvalue weighted by Crippen LogP contribution is 2.20. The first-order valence-electron chi connectivity index (χ1n) is 7.11. The van der Waals surface area contributed by atoms with Crippen LogP contribution in [0.5, 0.6) is 0 Å². The van der Waals surface area contributed by atoms with Crippen molar-refractivity contribution in [3.05, 3.63) is 0 Å². The molecule has 2 heterocycles. The van der Waals surface area contributed by atoms with Crippen molar-refractivity contribution in [2.24, 2.45) is 5.73 Å². The van der Waals surface area contributed by atoms with Gasteiger partial charge < -0.3 is 20.9 Å². The van der Waals surface area contributed by atoms with E-state index in [0.717, 1.165) is 25.9 Å². The number of ether oxygens (including phenoxy) is 1. The zero-order valence-corrected chi connectivity index (χ0v) is 11.4. The lowest BCUT2D eigenvalue weighted by Crippen LogP contribution is -2.57. The van der Waals surface area contributed by atoms with Crippen molar-refractivity contribution < 1.29 is 14.6 Å². The van der Waals surface area contributed by atoms with Crippen LogP contribution < -0.4 is 11.1 Å². The van der Waals surface area contributed by atoms with Crippen LogP contribution in [0.4, 0.5) is 0 Å². The molecule has 0 atom stereocenters. The van der Waals surface area contributed by atoms with Crippen LogP contribution in [0.2, 0.25) is 0 Å². The Morgan fingerprint density at radius 1 is 1.37 bits per heavy atom. The van der Waals surface area contributed by atoms with E-state index >= 15 is 0 Å². The van der Waals surface area contributed by atoms with Crippen LogP contribution in [-0.2, 0) is 9.53 Å². The summed E-state index contributed by atoms with van der Waals surface area (Å²) in [5.41, 5.74) is 5.36. The van der Waals surface area contributed by atoms with Gasteiger partial charge in [-0.1, -0.05) is 0 Å². The third-order valence-electron chi connectivity index (χ3n) is 4.16. The third-order valence-corrected chi connectivity index (χ3v) is 4.16. The number of nitrogens with zero attached hydrogens (tertiary/aromatic N) is 1. The molecule has 2 fully saturated rings. The smallest absolute Gasteiger partial charge is 0.234 e. The fraction of sp³-hybridized carbons (Fsp3) is 0.923. The standard InChI is InChI=1S/C13H25N3O3/c14-11-1-5-16(6-2-11)9-12(18)15-13(10-17)3-7-19-8-4-13/h11,17H,1-10,14H2,(H,15,18). The molecule has 19 heavy (non-hydrogen) atoms. The van der Waals surface area contributed by atoms with Crippen LogP contribution in [0.15, 0.2) is 0 Å². The van der Waals surface area contributed by atoms with Crippen molar-refractivity contribution in [2.45, 2.75) is 37.3 Å². The summed E-state index contributed by atoms with van der Waals surface area (Å²) in [6, 6.07) is 0.276. The van der Waals surface area contributed by atoms with E-state index in [4.69, 9.17) is 10.5 Å². The lowest BCUT2D eigenvalue weighted by atomic mass is 9.91. The van der Waals surface area contributed by atoms with E-state index in [-0.39, 0.29) is 18.6 Å². The maximum atomic E-state index is 12.1. The summed E-state index contributed by atoms with van der Waals surface area (Å²) < 4.78 is 5.28. The maximum absolute atomic E-state index is 12.1. The zero-order valence-electron chi connectivity index (χ0n) is 11.4. The van der Waals surface area contributed by atoms with Gasteiger partial charge in [-0.15, -0.1) is 0 Å². The molecule has 0 radical (unpaired) electrons. The minimum absolute atomic E-state index is 0.00794. The van der Waals surface area contributed by atoms with Crippen molar-refractivity contribution in [1.29, 1.82) is 0 Å². The summed E-state index contributed by atoms with van der Waals surface area (Å²) in [5, 5.41) is 12.5. The largest absolute Gasteiger partial charge is 0.394 e. The summed E-state index contributed by atoms with van der Waals surface area (Å²) in [6.07, 6.45) is 3.26. The Hall–Kier alpha value is -0.690. The summed E-state index contributed by atoms with van der Waals surface area (Å²) in [6.45, 7) is 3.33. The molecule has 0 unspecified atom stereocenters. The first-order valence-corrected chi connectivity index (χ1v) is 7.11. The monoisotopic (exact) mass is 271 g/mol. The van der Waals surface area contributed by atoms with Crippen molar-refractivity contribution in [2.75, 3.05) is 39.5 Å². The third kappa shape index (κ3) is 4.14. The van der Waals surface area contributed by atoms with Gasteiger partial charge in [-0.2, -0.15) is 0 Å². The van der Waals surface area contributed by atoms with Crippen LogP contribution in [0.1, 0.15) is 25.7 Å². The number of amides is 1. The van der Waals surface area contributed by atoms with Crippen LogP contribution in [-0.4, -0.2) is 66.9 Å². The van der Waals surface area contributed by atoms with E-state index in [1.807, 2.05) is 0 Å². The molecule has 0 bridgehead atoms. The van der Waals surface area contributed by atoms with E-state index in [2.05, 4.69) is 10.2 Å². The number of carbonyl (C=O) groups is 1. The number of likely N-dealkylation sites (tertiary alicyclic amines) is 1. The number of hydrogen-bond acceptors (Lipinski definition) is 5. The molecular formula is C13H25N3O3. The van der Waals surface area contributed by atoms with Crippen LogP contribution in [0, 0.1) is 0 Å². The van der Waals surface area contributed by atoms with E-state index in [1.54, 1.807) is 0 Å². The molecule has 0 aromatic rings. The van der Waals surface area contributed by atoms with Gasteiger partial charge in [0.1, 0.15) is 0 Å². The van der Waals surface area contributed by atoms with Crippen molar-refractivity contribution in [3.8, 4) is 0 Å². The molecule has 6 heteroatoms. The fourth-order valence-electron chi connectivity index (χ4n) is 2.73. The van der Waals surface area contributed by atoms with E-state index in [9.17, 15) is 9.90 Å². The van der Waals surface area contributed by atoms with Gasteiger partial charge >= 0.3 is 0 Å². The predicted octanol–water partition coefficient (Wildman–Crippen LogP) is -0.933. The van der Waals surface area contributed by atoms with Crippen molar-refractivity contribution in [1.82, 2.24) is 10.2 Å². The second kappa shape index (κ2) is 6.65. The molecule has 2 aliphatic rings. The van der Waals surface area contributed by atoms with Gasteiger partial charge in [0.15, 0.2) is 0 Å². The SMILES string of the molecule is NC1CCN(CC(=O)NC2(CO)CCOCC2)CC1. The fourth-order valence-corrected chi connectivity index (χ4v) is 2.73. The number of nitrogens with two attached hydrogens (primary N) is 1. The molecule has 2 saturated heterocycles. The van der Waals surface area contributed by atoms with Crippen LogP contribution in [0.25, 0.3) is 0 Å². The minimum atomic E-state index is -0.485. The lowest BCUT2D eigenvalue weighted by Gasteiger charge is -2.37. The predicted molar refractivity (Wildman–Crippen MR) is 71.7 cm³/mol. The Kier molecular flexibility index (Phi) is 5.15. The number of rotatable bonds is 4. The number of piperidine rings is 1. The number of aliphatic hydroxyl groups excluding tert-OH is 1. The lowest BCUT2D eigenvalue weighted by molar-refractivity contribution is -0.126. The molecule has 2 aliphatic heterocycles. The number of hydrogen-bond donors (Lipinski definition) is 3. The Bertz CT molecular complexity index is 298. The molecule has 110 valence electrons. The highest BCUT2D eigenvalue weighted by molar-refractivity contribution is 5.79. The molecule has 2 rings (SSSR count). The second-order valence-corrected chi connectivity index (χ2v) is 5.71. The highest BCUT2D eigenvalue weighted by Gasteiger charge is 2.33. The minimum Gasteiger partial charge on any atom is -0.394 e. The summed E-state index contributed by atoms with van der Waals surface area (Å²) in [7, 11) is 0. The van der Waals surface area contributed by atoms with Crippen LogP contribution >= 0.6 is 0 Å². The highest BCUT2D eigenvalue weighted by atomic mass is 16.5. The molecule has 0 aromatic carbocycles. The van der Waals surface area contributed by atoms with Gasteiger partial charge in [0.05, 0.1) is 18.7 Å². The molecule has 0 aromatic heterocycles. The van der Waals surface area contributed by atoms with Gasteiger partial charge in [-0.05, 0) is 25.7 Å². The van der Waals surface area contributed by atoms with Gasteiger partial charge in [-0.25, -0.2) is 0 Å². The molecule has 0 saturated carbocycles. The van der Waals surface area contributed by atoms with Crippen LogP contribution in [0.3, 0.4) is 0 Å². The molecular weight excluding hydrogens is 246 g/mol. The molecule has 0 spiro atoms. The normalized spacial score (nSPS) is 25.2. The average molecular weight is 271 g/mol. The molecule has 0 aliphatic carbocycles. The van der Waals surface area contributed by atoms with E-state index < -0.39 is 5.54 Å². The molecule has 1 amide bonds.